The number of hydrogen-bond acceptors (Lipinski definition) is 2. The van der Waals surface area contributed by atoms with Gasteiger partial charge in [0.25, 0.3) is 0 Å². The molecule has 0 saturated carbocycles. The lowest BCUT2D eigenvalue weighted by atomic mass is 10.0. The Labute approximate surface area is 59.1 Å². The zero-order valence-electron chi connectivity index (χ0n) is 5.81. The van der Waals surface area contributed by atoms with E-state index in [4.69, 9.17) is 0 Å². The molecule has 1 heterocycles. The fraction of sp³-hybridized carbons (Fsp3) is 0.429. The van der Waals surface area contributed by atoms with E-state index in [1.165, 1.54) is 6.20 Å². The van der Waals surface area contributed by atoms with Gasteiger partial charge in [-0.1, -0.05) is 6.92 Å². The normalized spacial score (nSPS) is 18.3. The molecule has 0 aliphatic carbocycles. The van der Waals surface area contributed by atoms with Crippen LogP contribution in [0, 0.1) is 0 Å². The molecule has 1 rings (SSSR count). The van der Waals surface area contributed by atoms with Gasteiger partial charge in [0.05, 0.1) is 6.42 Å². The lowest BCUT2D eigenvalue weighted by Crippen LogP contribution is -2.27. The first-order valence-corrected chi connectivity index (χ1v) is 3.25. The zero-order valence-corrected chi connectivity index (χ0v) is 5.81. The van der Waals surface area contributed by atoms with E-state index < -0.39 is 0 Å². The van der Waals surface area contributed by atoms with Gasteiger partial charge in [0.1, 0.15) is 0 Å². The SMILES string of the molecule is CCC1=CNC(=O)CC1=O. The van der Waals surface area contributed by atoms with Crippen molar-refractivity contribution < 1.29 is 9.59 Å². The molecule has 1 amide bonds. The third-order valence-electron chi connectivity index (χ3n) is 1.47. The summed E-state index contributed by atoms with van der Waals surface area (Å²) in [5, 5.41) is 2.49. The topological polar surface area (TPSA) is 46.2 Å². The van der Waals surface area contributed by atoms with Crippen molar-refractivity contribution in [2.45, 2.75) is 19.8 Å². The quantitative estimate of drug-likeness (QED) is 0.533. The number of carbonyl (C=O) groups is 2. The Morgan fingerprint density at radius 3 is 2.80 bits per heavy atom. The van der Waals surface area contributed by atoms with Crippen molar-refractivity contribution in [2.75, 3.05) is 0 Å². The zero-order chi connectivity index (χ0) is 7.56. The summed E-state index contributed by atoms with van der Waals surface area (Å²) in [5.41, 5.74) is 0.708. The number of carbonyl (C=O) groups excluding carboxylic acids is 2. The van der Waals surface area contributed by atoms with Crippen molar-refractivity contribution in [2.24, 2.45) is 0 Å². The number of ketones is 1. The average Bonchev–Trinajstić information content (AvgIpc) is 1.88. The molecule has 3 nitrogen and oxygen atoms in total. The summed E-state index contributed by atoms with van der Waals surface area (Å²) in [6.07, 6.45) is 2.20. The summed E-state index contributed by atoms with van der Waals surface area (Å²) in [7, 11) is 0. The molecule has 1 aliphatic heterocycles. The molecule has 10 heavy (non-hydrogen) atoms. The highest BCUT2D eigenvalue weighted by atomic mass is 16.2. The minimum absolute atomic E-state index is 0.0136. The molecule has 0 aromatic heterocycles. The highest BCUT2D eigenvalue weighted by Crippen LogP contribution is 2.07. The standard InChI is InChI=1S/C7H9NO2/c1-2-5-4-8-7(10)3-6(5)9/h4H,2-3H2,1H3,(H,8,10). The Morgan fingerprint density at radius 1 is 1.60 bits per heavy atom. The predicted octanol–water partition coefficient (Wildman–Crippen LogP) is 0.369. The highest BCUT2D eigenvalue weighted by Gasteiger charge is 2.16. The van der Waals surface area contributed by atoms with E-state index in [9.17, 15) is 9.59 Å². The second-order valence-electron chi connectivity index (χ2n) is 2.19. The van der Waals surface area contributed by atoms with Crippen LogP contribution < -0.4 is 5.32 Å². The van der Waals surface area contributed by atoms with Crippen molar-refractivity contribution in [3.8, 4) is 0 Å². The summed E-state index contributed by atoms with van der Waals surface area (Å²) < 4.78 is 0. The van der Waals surface area contributed by atoms with Crippen LogP contribution in [-0.4, -0.2) is 11.7 Å². The fourth-order valence-electron chi connectivity index (χ4n) is 0.858. The molecule has 0 spiro atoms. The van der Waals surface area contributed by atoms with E-state index in [1.807, 2.05) is 6.92 Å². The molecule has 0 aromatic rings. The van der Waals surface area contributed by atoms with Gasteiger partial charge in [-0.05, 0) is 6.42 Å². The molecular formula is C7H9NO2. The van der Waals surface area contributed by atoms with Crippen molar-refractivity contribution >= 4 is 11.7 Å². The minimum atomic E-state index is -0.206. The van der Waals surface area contributed by atoms with E-state index in [1.54, 1.807) is 0 Å². The molecule has 0 radical (unpaired) electrons. The monoisotopic (exact) mass is 139 g/mol. The molecule has 0 fully saturated rings. The molecule has 0 atom stereocenters. The number of allylic oxidation sites excluding steroid dienone is 1. The maximum Gasteiger partial charge on any atom is 0.231 e. The molecule has 54 valence electrons. The Bertz CT molecular complexity index is 206. The first kappa shape index (κ1) is 6.99. The lowest BCUT2D eigenvalue weighted by Gasteiger charge is -2.09. The molecular weight excluding hydrogens is 130 g/mol. The van der Waals surface area contributed by atoms with Crippen LogP contribution >= 0.6 is 0 Å². The number of amides is 1. The average molecular weight is 139 g/mol. The van der Waals surface area contributed by atoms with Crippen LogP contribution in [0.25, 0.3) is 0 Å². The molecule has 0 unspecified atom stereocenters. The summed E-state index contributed by atoms with van der Waals surface area (Å²) >= 11 is 0. The summed E-state index contributed by atoms with van der Waals surface area (Å²) in [5.74, 6) is -0.256. The maximum atomic E-state index is 10.9. The summed E-state index contributed by atoms with van der Waals surface area (Å²) in [6, 6.07) is 0. The molecule has 0 bridgehead atoms. The van der Waals surface area contributed by atoms with Gasteiger partial charge in [-0.15, -0.1) is 0 Å². The van der Waals surface area contributed by atoms with E-state index in [-0.39, 0.29) is 18.1 Å². The largest absolute Gasteiger partial charge is 0.332 e. The molecule has 3 heteroatoms. The van der Waals surface area contributed by atoms with Crippen LogP contribution in [0.5, 0.6) is 0 Å². The number of rotatable bonds is 1. The third-order valence-corrected chi connectivity index (χ3v) is 1.47. The lowest BCUT2D eigenvalue weighted by molar-refractivity contribution is -0.126. The predicted molar refractivity (Wildman–Crippen MR) is 36.1 cm³/mol. The van der Waals surface area contributed by atoms with E-state index in [0.29, 0.717) is 12.0 Å². The minimum Gasteiger partial charge on any atom is -0.332 e. The second-order valence-corrected chi connectivity index (χ2v) is 2.19. The highest BCUT2D eigenvalue weighted by molar-refractivity contribution is 6.09. The van der Waals surface area contributed by atoms with Gasteiger partial charge in [-0.3, -0.25) is 9.59 Å². The van der Waals surface area contributed by atoms with Gasteiger partial charge in [0, 0.05) is 11.8 Å². The summed E-state index contributed by atoms with van der Waals surface area (Å²) in [4.78, 5) is 21.5. The van der Waals surface area contributed by atoms with Crippen LogP contribution in [0.15, 0.2) is 11.8 Å². The first-order chi connectivity index (χ1) is 4.74. The number of Topliss-reactive ketones (excluding diaryl/α,β-unsaturated/α-hetero) is 1. The van der Waals surface area contributed by atoms with E-state index in [2.05, 4.69) is 5.32 Å². The Kier molecular flexibility index (Phi) is 1.85. The molecule has 0 saturated heterocycles. The Balaban J connectivity index is 2.75. The number of hydrogen-bond donors (Lipinski definition) is 1. The smallest absolute Gasteiger partial charge is 0.231 e. The van der Waals surface area contributed by atoms with Crippen LogP contribution in [0.3, 0.4) is 0 Å². The van der Waals surface area contributed by atoms with Crippen LogP contribution in [0.1, 0.15) is 19.8 Å². The molecule has 1 N–H and O–H groups in total. The molecule has 1 aliphatic rings. The van der Waals surface area contributed by atoms with Gasteiger partial charge in [0.15, 0.2) is 5.78 Å². The fourth-order valence-corrected chi connectivity index (χ4v) is 0.858. The van der Waals surface area contributed by atoms with Gasteiger partial charge in [-0.25, -0.2) is 0 Å². The van der Waals surface area contributed by atoms with Crippen LogP contribution in [0.4, 0.5) is 0 Å². The van der Waals surface area contributed by atoms with E-state index >= 15 is 0 Å². The van der Waals surface area contributed by atoms with Gasteiger partial charge >= 0.3 is 0 Å². The van der Waals surface area contributed by atoms with Gasteiger partial charge < -0.3 is 5.32 Å². The Morgan fingerprint density at radius 2 is 2.30 bits per heavy atom. The van der Waals surface area contributed by atoms with Crippen molar-refractivity contribution in [3.63, 3.8) is 0 Å². The first-order valence-electron chi connectivity index (χ1n) is 3.25. The second kappa shape index (κ2) is 2.64. The third kappa shape index (κ3) is 1.23. The van der Waals surface area contributed by atoms with Crippen molar-refractivity contribution in [1.29, 1.82) is 0 Å². The maximum absolute atomic E-state index is 10.9. The Hall–Kier alpha value is -1.12. The van der Waals surface area contributed by atoms with Gasteiger partial charge in [0.2, 0.25) is 5.91 Å². The van der Waals surface area contributed by atoms with Crippen LogP contribution in [-0.2, 0) is 9.59 Å². The van der Waals surface area contributed by atoms with Gasteiger partial charge in [-0.2, -0.15) is 0 Å². The molecule has 0 aromatic carbocycles. The van der Waals surface area contributed by atoms with Crippen molar-refractivity contribution in [3.05, 3.63) is 11.8 Å². The van der Waals surface area contributed by atoms with E-state index in [0.717, 1.165) is 0 Å². The number of nitrogens with one attached hydrogen (secondary N) is 1. The van der Waals surface area contributed by atoms with Crippen molar-refractivity contribution in [1.82, 2.24) is 5.32 Å². The summed E-state index contributed by atoms with van der Waals surface area (Å²) in [6.45, 7) is 1.89. The van der Waals surface area contributed by atoms with Crippen LogP contribution in [0.2, 0.25) is 0 Å².